The lowest BCUT2D eigenvalue weighted by molar-refractivity contribution is -0.254. The number of nitrogens with zero attached hydrogens (tertiary/aromatic N) is 1. The maximum Gasteiger partial charge on any atom is 0.170 e. The number of aliphatic hydroxyl groups excluding tert-OH is 1. The van der Waals surface area contributed by atoms with Crippen LogP contribution in [0.5, 0.6) is 0 Å². The summed E-state index contributed by atoms with van der Waals surface area (Å²) in [7, 11) is 0. The fraction of sp³-hybridized carbons (Fsp3) is 1.00. The second kappa shape index (κ2) is 9.89. The van der Waals surface area contributed by atoms with Crippen LogP contribution < -0.4 is 0 Å². The predicted octanol–water partition coefficient (Wildman–Crippen LogP) is 5.40. The van der Waals surface area contributed by atoms with E-state index in [9.17, 15) is 10.2 Å². The minimum Gasteiger partial charge on any atom is -0.388 e. The van der Waals surface area contributed by atoms with Crippen molar-refractivity contribution in [1.29, 1.82) is 0 Å². The summed E-state index contributed by atoms with van der Waals surface area (Å²) >= 11 is 0. The van der Waals surface area contributed by atoms with E-state index in [-0.39, 0.29) is 29.5 Å². The van der Waals surface area contributed by atoms with Gasteiger partial charge in [0.05, 0.1) is 55.8 Å². The van der Waals surface area contributed by atoms with Gasteiger partial charge in [-0.1, -0.05) is 27.7 Å². The number of ether oxygens (including phenoxy) is 4. The van der Waals surface area contributed by atoms with Crippen LogP contribution in [0, 0.1) is 51.2 Å². The molecule has 44 heavy (non-hydrogen) atoms. The first kappa shape index (κ1) is 31.0. The van der Waals surface area contributed by atoms with E-state index >= 15 is 0 Å². The zero-order chi connectivity index (χ0) is 31.1. The van der Waals surface area contributed by atoms with Gasteiger partial charge in [-0.15, -0.1) is 0 Å². The molecule has 7 nitrogen and oxygen atoms in total. The van der Waals surface area contributed by atoms with Crippen LogP contribution >= 0.6 is 0 Å². The number of fused-ring (bicyclic) bond motifs is 4. The van der Waals surface area contributed by atoms with Gasteiger partial charge < -0.3 is 29.2 Å². The Kier molecular flexibility index (Phi) is 6.97. The maximum atomic E-state index is 11.0. The molecule has 7 heteroatoms. The van der Waals surface area contributed by atoms with Crippen molar-refractivity contribution in [2.45, 2.75) is 148 Å². The number of hydrogen-bond acceptors (Lipinski definition) is 7. The molecular weight excluding hydrogens is 554 g/mol. The summed E-state index contributed by atoms with van der Waals surface area (Å²) in [4.78, 5) is 2.52. The lowest BCUT2D eigenvalue weighted by Crippen LogP contribution is -2.58. The average molecular weight is 616 g/mol. The lowest BCUT2D eigenvalue weighted by Gasteiger charge is -2.60. The number of rotatable bonds is 5. The van der Waals surface area contributed by atoms with E-state index in [0.717, 1.165) is 70.4 Å². The topological polar surface area (TPSA) is 80.6 Å². The predicted molar refractivity (Wildman–Crippen MR) is 168 cm³/mol. The quantitative estimate of drug-likeness (QED) is 0.429. The number of aliphatic hydroxyl groups is 2. The largest absolute Gasteiger partial charge is 0.388 e. The van der Waals surface area contributed by atoms with Crippen LogP contribution in [0.15, 0.2) is 0 Å². The Morgan fingerprint density at radius 1 is 0.909 bits per heavy atom. The van der Waals surface area contributed by atoms with Gasteiger partial charge in [-0.2, -0.15) is 0 Å². The molecule has 3 heterocycles. The highest BCUT2D eigenvalue weighted by Crippen LogP contribution is 2.90. The van der Waals surface area contributed by atoms with Gasteiger partial charge in [0.1, 0.15) is 6.10 Å². The highest BCUT2D eigenvalue weighted by atomic mass is 16.7. The normalized spacial score (nSPS) is 54.2. The monoisotopic (exact) mass is 615 g/mol. The number of morpholine rings is 1. The van der Waals surface area contributed by atoms with Crippen molar-refractivity contribution in [2.24, 2.45) is 51.2 Å². The van der Waals surface area contributed by atoms with E-state index in [1.807, 2.05) is 0 Å². The Balaban J connectivity index is 1.01. The smallest absolute Gasteiger partial charge is 0.170 e. The maximum absolute atomic E-state index is 11.0. The summed E-state index contributed by atoms with van der Waals surface area (Å²) in [5.74, 6) is 3.46. The van der Waals surface area contributed by atoms with Crippen LogP contribution in [0.3, 0.4) is 0 Å². The fourth-order valence-electron chi connectivity index (χ4n) is 14.1. The molecule has 0 aromatic rings. The minimum absolute atomic E-state index is 0.124. The van der Waals surface area contributed by atoms with E-state index < -0.39 is 11.7 Å². The third-order valence-corrected chi connectivity index (χ3v) is 16.3. The van der Waals surface area contributed by atoms with Crippen molar-refractivity contribution in [3.8, 4) is 0 Å². The van der Waals surface area contributed by atoms with Gasteiger partial charge in [-0.05, 0) is 130 Å². The van der Waals surface area contributed by atoms with Crippen LogP contribution in [0.4, 0.5) is 0 Å². The molecule has 0 aromatic heterocycles. The van der Waals surface area contributed by atoms with Gasteiger partial charge in [-0.3, -0.25) is 4.90 Å². The molecule has 5 unspecified atom stereocenters. The first-order valence-corrected chi connectivity index (χ1v) is 18.4. The van der Waals surface area contributed by atoms with E-state index in [0.29, 0.717) is 40.0 Å². The molecule has 2 N–H and O–H groups in total. The Labute approximate surface area is 266 Å². The summed E-state index contributed by atoms with van der Waals surface area (Å²) in [6.07, 6.45) is 9.83. The Hall–Kier alpha value is -0.280. The molecule has 3 saturated heterocycles. The molecule has 8 rings (SSSR count). The standard InChI is InChI=1S/C37H61NO6/c1-22-36-15-14-34(6)25(18-35(7)28(34)11-9-26(44-35)31(39)33(4,5)40)24(36)8-10-27-32(2,3)29(12-13-37(22,27)36)43-30-19-38(16-17-42-30)23-20-41-21-23/h22-31,39-40H,8-21H2,1-7H3/t22?,24-,25?,26+,27?,28?,29-,30?,31-,34-,35+,36-,37+/m0/s1. The van der Waals surface area contributed by atoms with Gasteiger partial charge in [0, 0.05) is 6.54 Å². The average Bonchev–Trinajstić information content (AvgIpc) is 3.35. The zero-order valence-electron chi connectivity index (χ0n) is 28.6. The van der Waals surface area contributed by atoms with Crippen molar-refractivity contribution in [3.05, 3.63) is 0 Å². The first-order chi connectivity index (χ1) is 20.7. The molecule has 0 amide bonds. The molecular formula is C37H61NO6. The summed E-state index contributed by atoms with van der Waals surface area (Å²) in [5, 5.41) is 21.6. The SMILES string of the molecule is CC1[C@]23CC[C@H](OC4CN(C5COC5)CCO4)C(C)(C)C2CC[C@H]2C4C[C@@]5(C)O[C@@H]([C@H](O)C(C)(C)O)CCC5[C@@]4(C)CC[C@]123. The van der Waals surface area contributed by atoms with E-state index in [4.69, 9.17) is 18.9 Å². The molecule has 0 bridgehead atoms. The molecule has 0 aromatic carbocycles. The summed E-state index contributed by atoms with van der Waals surface area (Å²) in [6.45, 7) is 20.4. The Morgan fingerprint density at radius 3 is 2.36 bits per heavy atom. The minimum atomic E-state index is -1.15. The first-order valence-electron chi connectivity index (χ1n) is 18.4. The molecule has 5 saturated carbocycles. The van der Waals surface area contributed by atoms with E-state index in [1.165, 1.54) is 32.1 Å². The highest BCUT2D eigenvalue weighted by molar-refractivity contribution is 5.33. The van der Waals surface area contributed by atoms with Gasteiger partial charge in [0.25, 0.3) is 0 Å². The molecule has 5 aliphatic carbocycles. The van der Waals surface area contributed by atoms with E-state index in [1.54, 1.807) is 13.8 Å². The second-order valence-electron chi connectivity index (χ2n) is 18.5. The zero-order valence-corrected chi connectivity index (χ0v) is 28.6. The van der Waals surface area contributed by atoms with Crippen molar-refractivity contribution >= 4 is 0 Å². The van der Waals surface area contributed by atoms with Crippen molar-refractivity contribution < 1.29 is 29.2 Å². The second-order valence-corrected chi connectivity index (χ2v) is 18.5. The van der Waals surface area contributed by atoms with Crippen LogP contribution in [-0.2, 0) is 18.9 Å². The Bertz CT molecular complexity index is 1140. The Morgan fingerprint density at radius 2 is 1.66 bits per heavy atom. The van der Waals surface area contributed by atoms with Crippen LogP contribution in [0.2, 0.25) is 0 Å². The third-order valence-electron chi connectivity index (χ3n) is 16.3. The molecule has 13 atom stereocenters. The molecule has 250 valence electrons. The van der Waals surface area contributed by atoms with Crippen molar-refractivity contribution in [3.63, 3.8) is 0 Å². The number of hydrogen-bond donors (Lipinski definition) is 2. The van der Waals surface area contributed by atoms with Crippen LogP contribution in [0.25, 0.3) is 0 Å². The highest BCUT2D eigenvalue weighted by Gasteiger charge is 2.85. The van der Waals surface area contributed by atoms with Gasteiger partial charge >= 0.3 is 0 Å². The van der Waals surface area contributed by atoms with Crippen LogP contribution in [0.1, 0.15) is 106 Å². The molecule has 8 aliphatic rings. The lowest BCUT2D eigenvalue weighted by atomic mass is 9.46. The summed E-state index contributed by atoms with van der Waals surface area (Å²) < 4.78 is 25.5. The van der Waals surface area contributed by atoms with Crippen molar-refractivity contribution in [2.75, 3.05) is 32.9 Å². The fourth-order valence-corrected chi connectivity index (χ4v) is 14.1. The van der Waals surface area contributed by atoms with Gasteiger partial charge in [-0.25, -0.2) is 0 Å². The van der Waals surface area contributed by atoms with Crippen LogP contribution in [-0.4, -0.2) is 89.9 Å². The molecule has 3 aliphatic heterocycles. The molecule has 2 spiro atoms. The van der Waals surface area contributed by atoms with E-state index in [2.05, 4.69) is 39.5 Å². The van der Waals surface area contributed by atoms with Gasteiger partial charge in [0.2, 0.25) is 0 Å². The third kappa shape index (κ3) is 3.99. The summed E-state index contributed by atoms with van der Waals surface area (Å²) in [6, 6.07) is 0.539. The molecule has 8 fully saturated rings. The van der Waals surface area contributed by atoms with Gasteiger partial charge in [0.15, 0.2) is 6.29 Å². The summed E-state index contributed by atoms with van der Waals surface area (Å²) in [5.41, 5.74) is -0.0281. The van der Waals surface area contributed by atoms with Crippen molar-refractivity contribution in [1.82, 2.24) is 4.90 Å². The molecule has 0 radical (unpaired) electrons.